The SMILES string of the molecule is CCCCC/C=C\C/C=C\C/C=C\C/C=C\CCCC(=O)OC[C@H](COC(=O)CCCCCCCCCCCCCCC)OC(=O)CCC/C=C\C/C=C\C/C=C\CCCCCCCC. The molecule has 0 saturated heterocycles. The normalized spacial score (nSPS) is 12.7. The molecule has 0 radical (unpaired) electrons. The van der Waals surface area contributed by atoms with Crippen LogP contribution in [0.15, 0.2) is 85.1 Å². The second-order valence-corrected chi connectivity index (χ2v) is 17.8. The highest BCUT2D eigenvalue weighted by molar-refractivity contribution is 5.71. The zero-order chi connectivity index (χ0) is 47.2. The van der Waals surface area contributed by atoms with Gasteiger partial charge in [0.25, 0.3) is 0 Å². The molecule has 1 atom stereocenters. The van der Waals surface area contributed by atoms with Gasteiger partial charge < -0.3 is 14.2 Å². The van der Waals surface area contributed by atoms with E-state index in [1.165, 1.54) is 135 Å². The van der Waals surface area contributed by atoms with Gasteiger partial charge in [-0.1, -0.05) is 228 Å². The second-order valence-electron chi connectivity index (χ2n) is 17.8. The van der Waals surface area contributed by atoms with E-state index in [-0.39, 0.29) is 44.0 Å². The van der Waals surface area contributed by atoms with Crippen LogP contribution >= 0.6 is 0 Å². The van der Waals surface area contributed by atoms with Gasteiger partial charge in [-0.2, -0.15) is 0 Å². The van der Waals surface area contributed by atoms with Gasteiger partial charge >= 0.3 is 17.9 Å². The van der Waals surface area contributed by atoms with E-state index in [9.17, 15) is 14.4 Å². The van der Waals surface area contributed by atoms with Crippen LogP contribution in [0.1, 0.15) is 252 Å². The fourth-order valence-corrected chi connectivity index (χ4v) is 7.27. The van der Waals surface area contributed by atoms with Crippen LogP contribution in [0.2, 0.25) is 0 Å². The van der Waals surface area contributed by atoms with Gasteiger partial charge in [0.2, 0.25) is 0 Å². The summed E-state index contributed by atoms with van der Waals surface area (Å²) in [5.41, 5.74) is 0. The summed E-state index contributed by atoms with van der Waals surface area (Å²) in [5, 5.41) is 0. The summed E-state index contributed by atoms with van der Waals surface area (Å²) >= 11 is 0. The van der Waals surface area contributed by atoms with Gasteiger partial charge in [-0.15, -0.1) is 0 Å². The van der Waals surface area contributed by atoms with Crippen molar-refractivity contribution < 1.29 is 28.6 Å². The highest BCUT2D eigenvalue weighted by Crippen LogP contribution is 2.14. The highest BCUT2D eigenvalue weighted by Gasteiger charge is 2.19. The second kappa shape index (κ2) is 53.2. The first-order valence-corrected chi connectivity index (χ1v) is 27.1. The van der Waals surface area contributed by atoms with Gasteiger partial charge in [0.15, 0.2) is 6.10 Å². The minimum Gasteiger partial charge on any atom is -0.462 e. The summed E-state index contributed by atoms with van der Waals surface area (Å²) in [6.45, 7) is 6.52. The summed E-state index contributed by atoms with van der Waals surface area (Å²) in [7, 11) is 0. The first-order valence-electron chi connectivity index (χ1n) is 27.1. The van der Waals surface area contributed by atoms with Crippen molar-refractivity contribution in [1.29, 1.82) is 0 Å². The van der Waals surface area contributed by atoms with Crippen LogP contribution in [0.4, 0.5) is 0 Å². The Morgan fingerprint density at radius 3 is 0.954 bits per heavy atom. The molecule has 0 N–H and O–H groups in total. The Morgan fingerprint density at radius 2 is 0.569 bits per heavy atom. The van der Waals surface area contributed by atoms with Crippen molar-refractivity contribution in [2.45, 2.75) is 258 Å². The molecule has 0 rings (SSSR count). The molecule has 6 nitrogen and oxygen atoms in total. The third-order valence-electron chi connectivity index (χ3n) is 11.4. The quantitative estimate of drug-likeness (QED) is 0.0262. The predicted molar refractivity (Wildman–Crippen MR) is 279 cm³/mol. The van der Waals surface area contributed by atoms with Gasteiger partial charge in [0, 0.05) is 19.3 Å². The van der Waals surface area contributed by atoms with Gasteiger partial charge in [-0.3, -0.25) is 14.4 Å². The van der Waals surface area contributed by atoms with Crippen LogP contribution in [0.3, 0.4) is 0 Å². The molecule has 0 aliphatic heterocycles. The van der Waals surface area contributed by atoms with Crippen LogP contribution in [0.25, 0.3) is 0 Å². The van der Waals surface area contributed by atoms with E-state index >= 15 is 0 Å². The lowest BCUT2D eigenvalue weighted by Gasteiger charge is -2.18. The lowest BCUT2D eigenvalue weighted by molar-refractivity contribution is -0.167. The van der Waals surface area contributed by atoms with Crippen LogP contribution in [0.5, 0.6) is 0 Å². The average Bonchev–Trinajstić information content (AvgIpc) is 3.30. The number of unbranched alkanes of at least 4 members (excludes halogenated alkanes) is 23. The third-order valence-corrected chi connectivity index (χ3v) is 11.4. The van der Waals surface area contributed by atoms with Gasteiger partial charge in [-0.25, -0.2) is 0 Å². The number of hydrogen-bond acceptors (Lipinski definition) is 6. The Labute approximate surface area is 401 Å². The maximum absolute atomic E-state index is 12.8. The molecule has 0 aromatic carbocycles. The summed E-state index contributed by atoms with van der Waals surface area (Å²) in [6, 6.07) is 0. The monoisotopic (exact) mass is 905 g/mol. The third kappa shape index (κ3) is 51.4. The molecule has 0 aliphatic carbocycles. The molecule has 372 valence electrons. The Hall–Kier alpha value is -3.41. The smallest absolute Gasteiger partial charge is 0.306 e. The van der Waals surface area contributed by atoms with Crippen molar-refractivity contribution in [3.63, 3.8) is 0 Å². The van der Waals surface area contributed by atoms with Crippen molar-refractivity contribution >= 4 is 17.9 Å². The Balaban J connectivity index is 4.55. The summed E-state index contributed by atoms with van der Waals surface area (Å²) in [4.78, 5) is 38.0. The molecule has 6 heteroatoms. The van der Waals surface area contributed by atoms with Gasteiger partial charge in [-0.05, 0) is 89.9 Å². The van der Waals surface area contributed by atoms with E-state index in [0.29, 0.717) is 19.3 Å². The molecule has 0 heterocycles. The number of carbonyl (C=O) groups excluding carboxylic acids is 3. The predicted octanol–water partition coefficient (Wildman–Crippen LogP) is 18.0. The Bertz CT molecular complexity index is 1270. The number of rotatable bonds is 48. The molecule has 0 unspecified atom stereocenters. The van der Waals surface area contributed by atoms with E-state index in [2.05, 4.69) is 106 Å². The number of carbonyl (C=O) groups is 3. The fraction of sp³-hybridized carbons (Fsp3) is 0.712. The summed E-state index contributed by atoms with van der Waals surface area (Å²) < 4.78 is 16.7. The minimum atomic E-state index is -0.823. The van der Waals surface area contributed by atoms with E-state index in [0.717, 1.165) is 64.2 Å². The van der Waals surface area contributed by atoms with Crippen molar-refractivity contribution in [2.24, 2.45) is 0 Å². The van der Waals surface area contributed by atoms with E-state index in [1.807, 2.05) is 0 Å². The first-order chi connectivity index (χ1) is 32.0. The molecule has 65 heavy (non-hydrogen) atoms. The maximum atomic E-state index is 12.8. The molecule has 0 aromatic heterocycles. The lowest BCUT2D eigenvalue weighted by Crippen LogP contribution is -2.30. The van der Waals surface area contributed by atoms with Gasteiger partial charge in [0.05, 0.1) is 0 Å². The Morgan fingerprint density at radius 1 is 0.308 bits per heavy atom. The maximum Gasteiger partial charge on any atom is 0.306 e. The number of esters is 3. The van der Waals surface area contributed by atoms with E-state index < -0.39 is 6.10 Å². The van der Waals surface area contributed by atoms with Crippen molar-refractivity contribution in [3.8, 4) is 0 Å². The van der Waals surface area contributed by atoms with Crippen LogP contribution in [-0.4, -0.2) is 37.2 Å². The molecule has 0 saturated carbocycles. The van der Waals surface area contributed by atoms with Crippen molar-refractivity contribution in [2.75, 3.05) is 13.2 Å². The molecule has 0 aromatic rings. The standard InChI is InChI=1S/C59H100O6/c1-4-7-10-13-16-19-22-25-27-29-31-34-37-40-43-46-49-52-58(61)64-55-56(54-63-57(60)51-48-45-42-39-36-33-24-21-18-15-12-9-6-3)65-59(62)53-50-47-44-41-38-35-32-30-28-26-23-20-17-14-11-8-5-2/h16,19,25-28,31-32,34-35,40-41,43-44,56H,4-15,17-18,20-24,29-30,33,36-39,42,45-55H2,1-3H3/b19-16-,27-25-,28-26-,34-31-,35-32-,43-40-,44-41-/t56-/m0/s1. The molecule has 0 spiro atoms. The summed E-state index contributed by atoms with van der Waals surface area (Å²) in [6.07, 6.45) is 68.6. The van der Waals surface area contributed by atoms with Crippen LogP contribution in [0, 0.1) is 0 Å². The molecular formula is C59H100O6. The highest BCUT2D eigenvalue weighted by atomic mass is 16.6. The number of ether oxygens (including phenoxy) is 3. The molecular weight excluding hydrogens is 805 g/mol. The number of allylic oxidation sites excluding steroid dienone is 14. The number of hydrogen-bond donors (Lipinski definition) is 0. The molecule has 0 aliphatic rings. The molecule has 0 fully saturated rings. The van der Waals surface area contributed by atoms with Crippen molar-refractivity contribution in [1.82, 2.24) is 0 Å². The topological polar surface area (TPSA) is 78.9 Å². The van der Waals surface area contributed by atoms with Gasteiger partial charge in [0.1, 0.15) is 13.2 Å². The largest absolute Gasteiger partial charge is 0.462 e. The van der Waals surface area contributed by atoms with Crippen LogP contribution < -0.4 is 0 Å². The average molecular weight is 905 g/mol. The van der Waals surface area contributed by atoms with Crippen molar-refractivity contribution in [3.05, 3.63) is 85.1 Å². The summed E-state index contributed by atoms with van der Waals surface area (Å²) in [5.74, 6) is -1.02. The fourth-order valence-electron chi connectivity index (χ4n) is 7.27. The first kappa shape index (κ1) is 61.6. The lowest BCUT2D eigenvalue weighted by atomic mass is 10.0. The Kier molecular flexibility index (Phi) is 50.4. The van der Waals surface area contributed by atoms with Crippen LogP contribution in [-0.2, 0) is 28.6 Å². The zero-order valence-electron chi connectivity index (χ0n) is 42.5. The zero-order valence-corrected chi connectivity index (χ0v) is 42.5. The minimum absolute atomic E-state index is 0.112. The molecule has 0 amide bonds. The molecule has 0 bridgehead atoms. The van der Waals surface area contributed by atoms with E-state index in [4.69, 9.17) is 14.2 Å². The van der Waals surface area contributed by atoms with E-state index in [1.54, 1.807) is 0 Å².